The lowest BCUT2D eigenvalue weighted by Gasteiger charge is -2.09. The molecule has 2 aromatic carbocycles. The van der Waals surface area contributed by atoms with E-state index in [0.29, 0.717) is 23.3 Å². The molecule has 0 aromatic heterocycles. The van der Waals surface area contributed by atoms with Crippen LogP contribution in [-0.4, -0.2) is 39.2 Å². The fourth-order valence-corrected chi connectivity index (χ4v) is 3.54. The van der Waals surface area contributed by atoms with Crippen LogP contribution in [0.4, 0.5) is 0 Å². The van der Waals surface area contributed by atoms with Crippen LogP contribution >= 0.6 is 0 Å². The van der Waals surface area contributed by atoms with Crippen LogP contribution in [0, 0.1) is 0 Å². The molecule has 2 N–H and O–H groups in total. The van der Waals surface area contributed by atoms with Gasteiger partial charge >= 0.3 is 5.97 Å². The molecule has 0 bridgehead atoms. The van der Waals surface area contributed by atoms with E-state index in [0.717, 1.165) is 0 Å². The summed E-state index contributed by atoms with van der Waals surface area (Å²) >= 11 is 0. The SMILES string of the molecule is CCOC(=O)CCNC(=O)c1ccc(CNS(=O)(=O)c2ccc(C(C)=O)cc2)cc1. The predicted molar refractivity (Wildman–Crippen MR) is 110 cm³/mol. The number of hydrogen-bond donors (Lipinski definition) is 2. The maximum absolute atomic E-state index is 12.4. The van der Waals surface area contributed by atoms with Gasteiger partial charge in [-0.2, -0.15) is 0 Å². The third kappa shape index (κ3) is 6.78. The number of ketones is 1. The summed E-state index contributed by atoms with van der Waals surface area (Å²) in [5.74, 6) is -0.856. The van der Waals surface area contributed by atoms with E-state index in [4.69, 9.17) is 4.74 Å². The van der Waals surface area contributed by atoms with Crippen LogP contribution in [0.5, 0.6) is 0 Å². The van der Waals surface area contributed by atoms with Crippen molar-refractivity contribution in [2.45, 2.75) is 31.7 Å². The number of rotatable bonds is 10. The van der Waals surface area contributed by atoms with Crippen LogP contribution in [0.1, 0.15) is 46.5 Å². The van der Waals surface area contributed by atoms with E-state index in [1.807, 2.05) is 0 Å². The maximum atomic E-state index is 12.4. The largest absolute Gasteiger partial charge is 0.466 e. The van der Waals surface area contributed by atoms with Gasteiger partial charge in [-0.1, -0.05) is 24.3 Å². The number of esters is 1. The minimum Gasteiger partial charge on any atom is -0.466 e. The molecular formula is C21H24N2O6S. The van der Waals surface area contributed by atoms with Crippen LogP contribution in [-0.2, 0) is 26.1 Å². The molecule has 0 aliphatic rings. The van der Waals surface area contributed by atoms with Crippen LogP contribution in [0.3, 0.4) is 0 Å². The van der Waals surface area contributed by atoms with Gasteiger partial charge in [0.05, 0.1) is 17.9 Å². The summed E-state index contributed by atoms with van der Waals surface area (Å²) in [7, 11) is -3.74. The minimum absolute atomic E-state index is 0.0432. The molecule has 0 unspecified atom stereocenters. The quantitative estimate of drug-likeness (QED) is 0.438. The Morgan fingerprint density at radius 2 is 1.53 bits per heavy atom. The van der Waals surface area contributed by atoms with Gasteiger partial charge in [0.25, 0.3) is 5.91 Å². The van der Waals surface area contributed by atoms with Crippen molar-refractivity contribution in [3.05, 3.63) is 65.2 Å². The Morgan fingerprint density at radius 1 is 0.933 bits per heavy atom. The Labute approximate surface area is 175 Å². The van der Waals surface area contributed by atoms with E-state index in [9.17, 15) is 22.8 Å². The highest BCUT2D eigenvalue weighted by atomic mass is 32.2. The monoisotopic (exact) mass is 432 g/mol. The molecule has 160 valence electrons. The second kappa shape index (κ2) is 10.7. The third-order valence-electron chi connectivity index (χ3n) is 4.17. The number of nitrogens with one attached hydrogen (secondary N) is 2. The fraction of sp³-hybridized carbons (Fsp3) is 0.286. The van der Waals surface area contributed by atoms with Crippen molar-refractivity contribution in [2.24, 2.45) is 0 Å². The molecule has 1 amide bonds. The normalized spacial score (nSPS) is 11.0. The Kier molecular flexibility index (Phi) is 8.25. The Balaban J connectivity index is 1.90. The smallest absolute Gasteiger partial charge is 0.307 e. The molecular weight excluding hydrogens is 408 g/mol. The first-order valence-corrected chi connectivity index (χ1v) is 10.8. The lowest BCUT2D eigenvalue weighted by molar-refractivity contribution is -0.142. The topological polar surface area (TPSA) is 119 Å². The summed E-state index contributed by atoms with van der Waals surface area (Å²) in [6, 6.07) is 12.1. The van der Waals surface area contributed by atoms with Crippen molar-refractivity contribution in [1.29, 1.82) is 0 Å². The van der Waals surface area contributed by atoms with E-state index in [2.05, 4.69) is 10.0 Å². The van der Waals surface area contributed by atoms with Gasteiger partial charge in [0, 0.05) is 24.2 Å². The maximum Gasteiger partial charge on any atom is 0.307 e. The van der Waals surface area contributed by atoms with Crippen LogP contribution in [0.25, 0.3) is 0 Å². The van der Waals surface area contributed by atoms with Crippen molar-refractivity contribution in [1.82, 2.24) is 10.0 Å². The summed E-state index contributed by atoms with van der Waals surface area (Å²) in [5.41, 5.74) is 1.50. The molecule has 0 spiro atoms. The highest BCUT2D eigenvalue weighted by Crippen LogP contribution is 2.12. The molecule has 0 heterocycles. The molecule has 2 rings (SSSR count). The van der Waals surface area contributed by atoms with Gasteiger partial charge in [0.1, 0.15) is 0 Å². The molecule has 0 fully saturated rings. The van der Waals surface area contributed by atoms with Gasteiger partial charge in [-0.25, -0.2) is 13.1 Å². The van der Waals surface area contributed by atoms with Crippen LogP contribution < -0.4 is 10.0 Å². The molecule has 0 radical (unpaired) electrons. The number of carbonyl (C=O) groups is 3. The van der Waals surface area contributed by atoms with Gasteiger partial charge in [0.15, 0.2) is 5.78 Å². The highest BCUT2D eigenvalue weighted by molar-refractivity contribution is 7.89. The molecule has 0 saturated heterocycles. The zero-order chi connectivity index (χ0) is 22.1. The molecule has 8 nitrogen and oxygen atoms in total. The number of hydrogen-bond acceptors (Lipinski definition) is 6. The Hall–Kier alpha value is -3.04. The fourth-order valence-electron chi connectivity index (χ4n) is 2.52. The average molecular weight is 432 g/mol. The van der Waals surface area contributed by atoms with Crippen molar-refractivity contribution in [3.63, 3.8) is 0 Å². The standard InChI is InChI=1S/C21H24N2O6S/c1-3-29-20(25)12-13-22-21(26)18-6-4-16(5-7-18)14-23-30(27,28)19-10-8-17(9-11-19)15(2)24/h4-11,23H,3,12-14H2,1-2H3,(H,22,26). The zero-order valence-corrected chi connectivity index (χ0v) is 17.6. The summed E-state index contributed by atoms with van der Waals surface area (Å²) in [5, 5.41) is 2.62. The Bertz CT molecular complexity index is 999. The predicted octanol–water partition coefficient (Wildman–Crippen LogP) is 2.05. The second-order valence-corrected chi connectivity index (χ2v) is 8.18. The first kappa shape index (κ1) is 23.2. The lowest BCUT2D eigenvalue weighted by Crippen LogP contribution is -2.26. The molecule has 0 saturated carbocycles. The van der Waals surface area contributed by atoms with Crippen molar-refractivity contribution >= 4 is 27.7 Å². The average Bonchev–Trinajstić information content (AvgIpc) is 2.73. The Morgan fingerprint density at radius 3 is 2.10 bits per heavy atom. The van der Waals surface area contributed by atoms with Gasteiger partial charge in [0.2, 0.25) is 10.0 Å². The van der Waals surface area contributed by atoms with E-state index >= 15 is 0 Å². The molecule has 2 aromatic rings. The number of sulfonamides is 1. The first-order valence-electron chi connectivity index (χ1n) is 9.36. The number of amides is 1. The van der Waals surface area contributed by atoms with E-state index in [-0.39, 0.29) is 42.1 Å². The van der Waals surface area contributed by atoms with Crippen molar-refractivity contribution in [2.75, 3.05) is 13.2 Å². The van der Waals surface area contributed by atoms with E-state index in [1.54, 1.807) is 31.2 Å². The summed E-state index contributed by atoms with van der Waals surface area (Å²) in [6.45, 7) is 3.62. The molecule has 0 aliphatic carbocycles. The highest BCUT2D eigenvalue weighted by Gasteiger charge is 2.14. The van der Waals surface area contributed by atoms with E-state index < -0.39 is 10.0 Å². The minimum atomic E-state index is -3.74. The molecule has 0 aliphatic heterocycles. The number of ether oxygens (including phenoxy) is 1. The summed E-state index contributed by atoms with van der Waals surface area (Å²) in [4.78, 5) is 34.7. The molecule has 0 atom stereocenters. The van der Waals surface area contributed by atoms with E-state index in [1.165, 1.54) is 31.2 Å². The third-order valence-corrected chi connectivity index (χ3v) is 5.59. The zero-order valence-electron chi connectivity index (χ0n) is 16.8. The first-order chi connectivity index (χ1) is 14.2. The van der Waals surface area contributed by atoms with Crippen LogP contribution in [0.2, 0.25) is 0 Å². The molecule has 30 heavy (non-hydrogen) atoms. The molecule has 9 heteroatoms. The number of benzene rings is 2. The van der Waals surface area contributed by atoms with Crippen molar-refractivity contribution in [3.8, 4) is 0 Å². The number of Topliss-reactive ketones (excluding diaryl/α,β-unsaturated/α-hetero) is 1. The van der Waals surface area contributed by atoms with Gasteiger partial charge < -0.3 is 10.1 Å². The van der Waals surface area contributed by atoms with Crippen LogP contribution in [0.15, 0.2) is 53.4 Å². The van der Waals surface area contributed by atoms with Gasteiger partial charge in [-0.05, 0) is 43.7 Å². The summed E-state index contributed by atoms with van der Waals surface area (Å²) in [6.07, 6.45) is 0.0901. The number of carbonyl (C=O) groups excluding carboxylic acids is 3. The summed E-state index contributed by atoms with van der Waals surface area (Å²) < 4.78 is 32.0. The lowest BCUT2D eigenvalue weighted by atomic mass is 10.1. The van der Waals surface area contributed by atoms with Gasteiger partial charge in [-0.3, -0.25) is 14.4 Å². The second-order valence-electron chi connectivity index (χ2n) is 6.41. The van der Waals surface area contributed by atoms with Crippen molar-refractivity contribution < 1.29 is 27.5 Å². The van der Waals surface area contributed by atoms with Gasteiger partial charge in [-0.15, -0.1) is 0 Å².